The monoisotopic (exact) mass is 576 g/mol. The Morgan fingerprint density at radius 1 is 1.15 bits per heavy atom. The quantitative estimate of drug-likeness (QED) is 0.0697. The van der Waals surface area contributed by atoms with Crippen molar-refractivity contribution < 1.29 is 33.7 Å². The maximum absolute atomic E-state index is 13.5. The van der Waals surface area contributed by atoms with E-state index in [1.165, 1.54) is 18.1 Å². The summed E-state index contributed by atoms with van der Waals surface area (Å²) in [7, 11) is 1.52. The number of esters is 1. The number of thiazole rings is 1. The predicted octanol–water partition coefficient (Wildman–Crippen LogP) is 6.00. The number of Topliss-reactive ketones (excluding diaryl/α,β-unsaturated/α-hetero) is 1. The minimum Gasteiger partial charge on any atom is -0.507 e. The summed E-state index contributed by atoms with van der Waals surface area (Å²) in [6.07, 6.45) is 4.42. The summed E-state index contributed by atoms with van der Waals surface area (Å²) in [6.45, 7) is 7.81. The molecule has 3 aromatic rings. The van der Waals surface area contributed by atoms with Crippen LogP contribution < -0.4 is 14.4 Å². The summed E-state index contributed by atoms with van der Waals surface area (Å²) in [5.74, 6) is -1.56. The second kappa shape index (κ2) is 13.3. The number of benzene rings is 2. The molecule has 0 radical (unpaired) electrons. The van der Waals surface area contributed by atoms with Crippen molar-refractivity contribution in [2.24, 2.45) is 0 Å². The van der Waals surface area contributed by atoms with Crippen LogP contribution in [0.5, 0.6) is 11.5 Å². The van der Waals surface area contributed by atoms with Gasteiger partial charge < -0.3 is 19.3 Å². The Balaban J connectivity index is 1.83. The summed E-state index contributed by atoms with van der Waals surface area (Å²) < 4.78 is 16.3. The molecule has 1 fully saturated rings. The van der Waals surface area contributed by atoms with Crippen LogP contribution in [-0.4, -0.2) is 48.1 Å². The first-order valence-electron chi connectivity index (χ1n) is 13.2. The van der Waals surface area contributed by atoms with Gasteiger partial charge in [-0.3, -0.25) is 14.5 Å². The predicted molar refractivity (Wildman–Crippen MR) is 157 cm³/mol. The fourth-order valence-electron chi connectivity index (χ4n) is 4.44. The molecular weight excluding hydrogens is 544 g/mol. The van der Waals surface area contributed by atoms with Gasteiger partial charge >= 0.3 is 11.9 Å². The summed E-state index contributed by atoms with van der Waals surface area (Å²) in [5, 5.41) is 11.5. The van der Waals surface area contributed by atoms with Crippen LogP contribution in [0.3, 0.4) is 0 Å². The molecule has 1 aliphatic rings. The number of carbonyl (C=O) groups is 3. The van der Waals surface area contributed by atoms with Crippen molar-refractivity contribution in [3.8, 4) is 11.5 Å². The van der Waals surface area contributed by atoms with Crippen LogP contribution in [-0.2, 0) is 14.3 Å². The molecule has 0 spiro atoms. The van der Waals surface area contributed by atoms with Crippen molar-refractivity contribution in [1.82, 2.24) is 4.98 Å². The lowest BCUT2D eigenvalue weighted by Gasteiger charge is -2.23. The first kappa shape index (κ1) is 29.5. The molecule has 2 aromatic carbocycles. The van der Waals surface area contributed by atoms with Gasteiger partial charge in [0.1, 0.15) is 28.7 Å². The van der Waals surface area contributed by atoms with E-state index >= 15 is 0 Å². The molecule has 1 unspecified atom stereocenters. The number of ketones is 1. The third kappa shape index (κ3) is 6.33. The van der Waals surface area contributed by atoms with Crippen LogP contribution >= 0.6 is 11.3 Å². The van der Waals surface area contributed by atoms with E-state index in [1.54, 1.807) is 55.5 Å². The van der Waals surface area contributed by atoms with Crippen molar-refractivity contribution in [2.45, 2.75) is 39.2 Å². The third-order valence-corrected chi connectivity index (χ3v) is 7.64. The van der Waals surface area contributed by atoms with E-state index in [1.807, 2.05) is 0 Å². The standard InChI is InChI=1S/C31H32N2O7S/c1-5-7-8-17-39-23-11-9-10-21(18-23)25-24(26(34)20-12-14-22(38-4)15-13-20)27(35)29(36)33(25)31-32-19(3)28(41-31)30(37)40-16-6-2/h6,9-15,18,25,34H,2,5,7-8,16-17H2,1,3-4H3/b26-24+. The Labute approximate surface area is 242 Å². The SMILES string of the molecule is C=CCOC(=O)c1sc(N2C(=O)C(=O)/C(=C(/O)c3ccc(OC)cc3)C2c2cccc(OCCCCC)c2)nc1C. The molecule has 1 atom stereocenters. The van der Waals surface area contributed by atoms with Crippen LogP contribution in [0.4, 0.5) is 5.13 Å². The zero-order valence-electron chi connectivity index (χ0n) is 23.2. The normalized spacial score (nSPS) is 16.1. The number of ether oxygens (including phenoxy) is 3. The summed E-state index contributed by atoms with van der Waals surface area (Å²) in [4.78, 5) is 45.5. The molecule has 1 aliphatic heterocycles. The van der Waals surface area contributed by atoms with Crippen molar-refractivity contribution >= 4 is 39.9 Å². The number of nitrogens with zero attached hydrogens (tertiary/aromatic N) is 2. The fraction of sp³-hybridized carbons (Fsp3) is 0.290. The second-order valence-electron chi connectivity index (χ2n) is 9.32. The van der Waals surface area contributed by atoms with Gasteiger partial charge in [-0.1, -0.05) is 55.9 Å². The molecule has 214 valence electrons. The zero-order chi connectivity index (χ0) is 29.5. The summed E-state index contributed by atoms with van der Waals surface area (Å²) in [6, 6.07) is 12.5. The van der Waals surface area contributed by atoms with Gasteiger partial charge in [-0.2, -0.15) is 0 Å². The average Bonchev–Trinajstić information content (AvgIpc) is 3.50. The highest BCUT2D eigenvalue weighted by Crippen LogP contribution is 2.44. The van der Waals surface area contributed by atoms with E-state index in [9.17, 15) is 19.5 Å². The molecule has 1 N–H and O–H groups in total. The minimum absolute atomic E-state index is 0.0168. The van der Waals surface area contributed by atoms with Gasteiger partial charge in [0, 0.05) is 5.56 Å². The van der Waals surface area contributed by atoms with Crippen LogP contribution in [0, 0.1) is 6.92 Å². The molecule has 4 rings (SSSR count). The van der Waals surface area contributed by atoms with Crippen LogP contribution in [0.15, 0.2) is 66.8 Å². The molecule has 0 saturated carbocycles. The van der Waals surface area contributed by atoms with E-state index in [4.69, 9.17) is 14.2 Å². The molecule has 41 heavy (non-hydrogen) atoms. The molecule has 0 bridgehead atoms. The Hall–Kier alpha value is -4.44. The van der Waals surface area contributed by atoms with Gasteiger partial charge in [-0.05, 0) is 55.3 Å². The van der Waals surface area contributed by atoms with E-state index in [2.05, 4.69) is 18.5 Å². The highest BCUT2D eigenvalue weighted by atomic mass is 32.1. The van der Waals surface area contributed by atoms with Gasteiger partial charge in [0.25, 0.3) is 5.78 Å². The van der Waals surface area contributed by atoms with Crippen molar-refractivity contribution in [3.05, 3.63) is 88.5 Å². The lowest BCUT2D eigenvalue weighted by Crippen LogP contribution is -2.29. The highest BCUT2D eigenvalue weighted by molar-refractivity contribution is 7.17. The largest absolute Gasteiger partial charge is 0.507 e. The molecule has 0 aliphatic carbocycles. The number of unbranched alkanes of at least 4 members (excludes halogenated alkanes) is 2. The topological polar surface area (TPSA) is 115 Å². The first-order chi connectivity index (χ1) is 19.8. The average molecular weight is 577 g/mol. The number of aliphatic hydroxyl groups excluding tert-OH is 1. The van der Waals surface area contributed by atoms with E-state index in [0.717, 1.165) is 30.6 Å². The van der Waals surface area contributed by atoms with Crippen molar-refractivity contribution in [3.63, 3.8) is 0 Å². The smallest absolute Gasteiger partial charge is 0.350 e. The number of carbonyl (C=O) groups excluding carboxylic acids is 3. The molecular formula is C31H32N2O7S. The van der Waals surface area contributed by atoms with Crippen molar-refractivity contribution in [2.75, 3.05) is 25.2 Å². The Kier molecular flexibility index (Phi) is 9.57. The molecule has 1 saturated heterocycles. The van der Waals surface area contributed by atoms with Crippen LogP contribution in [0.25, 0.3) is 5.76 Å². The highest BCUT2D eigenvalue weighted by Gasteiger charge is 2.48. The number of aliphatic hydroxyl groups is 1. The number of anilines is 1. The van der Waals surface area contributed by atoms with Gasteiger partial charge in [0.2, 0.25) is 0 Å². The van der Waals surface area contributed by atoms with Gasteiger partial charge in [-0.25, -0.2) is 9.78 Å². The maximum Gasteiger partial charge on any atom is 0.350 e. The zero-order valence-corrected chi connectivity index (χ0v) is 24.0. The number of amides is 1. The second-order valence-corrected chi connectivity index (χ2v) is 10.3. The molecule has 2 heterocycles. The minimum atomic E-state index is -1.03. The Bertz CT molecular complexity index is 1480. The number of aryl methyl sites for hydroxylation is 1. The van der Waals surface area contributed by atoms with E-state index in [-0.39, 0.29) is 27.9 Å². The van der Waals surface area contributed by atoms with Crippen molar-refractivity contribution in [1.29, 1.82) is 0 Å². The Morgan fingerprint density at radius 2 is 1.90 bits per heavy atom. The van der Waals surface area contributed by atoms with E-state index in [0.29, 0.717) is 34.9 Å². The number of rotatable bonds is 12. The summed E-state index contributed by atoms with van der Waals surface area (Å²) in [5.41, 5.74) is 1.12. The maximum atomic E-state index is 13.5. The van der Waals surface area contributed by atoms with Crippen LogP contribution in [0.1, 0.15) is 58.7 Å². The fourth-order valence-corrected chi connectivity index (χ4v) is 5.43. The summed E-state index contributed by atoms with van der Waals surface area (Å²) >= 11 is 0.938. The lowest BCUT2D eigenvalue weighted by atomic mass is 9.95. The van der Waals surface area contributed by atoms with Gasteiger partial charge in [-0.15, -0.1) is 0 Å². The van der Waals surface area contributed by atoms with E-state index < -0.39 is 23.7 Å². The van der Waals surface area contributed by atoms with Gasteiger partial charge in [0.15, 0.2) is 5.13 Å². The van der Waals surface area contributed by atoms with Gasteiger partial charge in [0.05, 0.1) is 31.0 Å². The number of hydrogen-bond acceptors (Lipinski definition) is 9. The molecule has 1 aromatic heterocycles. The Morgan fingerprint density at radius 3 is 2.59 bits per heavy atom. The first-order valence-corrected chi connectivity index (χ1v) is 14.1. The molecule has 1 amide bonds. The number of methoxy groups -OCH3 is 1. The number of hydrogen-bond donors (Lipinski definition) is 1. The molecule has 10 heteroatoms. The molecule has 9 nitrogen and oxygen atoms in total. The number of aromatic nitrogens is 1. The lowest BCUT2D eigenvalue weighted by molar-refractivity contribution is -0.132. The third-order valence-electron chi connectivity index (χ3n) is 6.51. The van der Waals surface area contributed by atoms with Crippen LogP contribution in [0.2, 0.25) is 0 Å².